The fourth-order valence-corrected chi connectivity index (χ4v) is 9.26. The number of fused-ring (bicyclic) bond motifs is 4. The maximum Gasteiger partial charge on any atom is 0.0950 e. The first-order chi connectivity index (χ1) is 19.8. The second kappa shape index (κ2) is 14.3. The van der Waals surface area contributed by atoms with Crippen LogP contribution < -0.4 is 0 Å². The molecule has 4 saturated carbocycles. The van der Waals surface area contributed by atoms with Crippen molar-refractivity contribution >= 4 is 0 Å². The zero-order chi connectivity index (χ0) is 31.6. The van der Waals surface area contributed by atoms with Crippen LogP contribution in [-0.4, -0.2) is 45.3 Å². The highest BCUT2D eigenvalue weighted by Gasteiger charge is 2.54. The van der Waals surface area contributed by atoms with Crippen LogP contribution in [-0.2, 0) is 0 Å². The molecule has 0 radical (unpaired) electrons. The van der Waals surface area contributed by atoms with Gasteiger partial charge in [0.25, 0.3) is 0 Å². The lowest BCUT2D eigenvalue weighted by molar-refractivity contribution is 0.0861. The second-order valence-corrected chi connectivity index (χ2v) is 16.3. The topological polar surface area (TPSA) is 55.9 Å². The number of nitrogens with zero attached hydrogens (tertiary/aromatic N) is 6. The molecule has 0 aromatic carbocycles. The minimum absolute atomic E-state index is 0.114. The Balaban J connectivity index is 0.000000206. The van der Waals surface area contributed by atoms with Crippen LogP contribution in [0.2, 0.25) is 0 Å². The van der Waals surface area contributed by atoms with Crippen molar-refractivity contribution in [3.63, 3.8) is 0 Å². The standard InChI is InChI=1S/2C16H29N3.2C2H6/c2*1-10(2)15-11-6-8-13-14(9-7-12(11)15)19(18-17-13)16(3,4)5;2*1-2/h2*10-15H,6-9H2,1-5H3;2*1-2H3/t11-,12+,13?,14?,15+;11-,12+,13?,14?,15-;;/m00../s1. The van der Waals surface area contributed by atoms with E-state index in [-0.39, 0.29) is 11.1 Å². The molecule has 0 N–H and O–H groups in total. The fourth-order valence-electron chi connectivity index (χ4n) is 9.26. The third-order valence-corrected chi connectivity index (χ3v) is 11.0. The molecule has 0 bridgehead atoms. The van der Waals surface area contributed by atoms with Gasteiger partial charge < -0.3 is 0 Å². The molecule has 2 heterocycles. The second-order valence-electron chi connectivity index (χ2n) is 16.3. The summed E-state index contributed by atoms with van der Waals surface area (Å²) in [7, 11) is 0. The maximum atomic E-state index is 4.58. The van der Waals surface area contributed by atoms with E-state index in [0.29, 0.717) is 24.2 Å². The van der Waals surface area contributed by atoms with Crippen molar-refractivity contribution in [3.8, 4) is 0 Å². The summed E-state index contributed by atoms with van der Waals surface area (Å²) in [4.78, 5) is 0. The van der Waals surface area contributed by atoms with E-state index in [1.54, 1.807) is 0 Å². The summed E-state index contributed by atoms with van der Waals surface area (Å²) in [5, 5.41) is 22.7. The predicted octanol–water partition coefficient (Wildman–Crippen LogP) is 10.6. The molecule has 10 atom stereocenters. The Morgan fingerprint density at radius 3 is 1.02 bits per heavy atom. The van der Waals surface area contributed by atoms with Crippen LogP contribution in [0.15, 0.2) is 20.7 Å². The van der Waals surface area contributed by atoms with Gasteiger partial charge in [-0.15, -0.1) is 0 Å². The van der Waals surface area contributed by atoms with Gasteiger partial charge >= 0.3 is 0 Å². The van der Waals surface area contributed by atoms with Crippen molar-refractivity contribution in [1.82, 2.24) is 10.0 Å². The lowest BCUT2D eigenvalue weighted by Crippen LogP contribution is -2.46. The largest absolute Gasteiger partial charge is 0.268 e. The molecule has 0 aromatic rings. The SMILES string of the molecule is CC.CC.CC(C)[C@@H]1[C@@H]2CCC3C(CC[C@@H]21)N=NN3C(C)(C)C.CC(C)[C@H]1[C@@H]2CCC3C(CC[C@@H]21)N=NN3C(C)(C)C. The Kier molecular flexibility index (Phi) is 12.0. The van der Waals surface area contributed by atoms with Gasteiger partial charge in [0.05, 0.1) is 35.2 Å². The smallest absolute Gasteiger partial charge is 0.0950 e. The van der Waals surface area contributed by atoms with Gasteiger partial charge in [0.15, 0.2) is 0 Å². The molecule has 4 aliphatic carbocycles. The van der Waals surface area contributed by atoms with E-state index in [1.807, 2.05) is 27.7 Å². The van der Waals surface area contributed by atoms with Crippen molar-refractivity contribution < 1.29 is 0 Å². The monoisotopic (exact) mass is 587 g/mol. The van der Waals surface area contributed by atoms with E-state index in [9.17, 15) is 0 Å². The minimum Gasteiger partial charge on any atom is -0.268 e. The van der Waals surface area contributed by atoms with Crippen LogP contribution in [0.4, 0.5) is 0 Å². The maximum absolute atomic E-state index is 4.58. The summed E-state index contributed by atoms with van der Waals surface area (Å²) >= 11 is 0. The third kappa shape index (κ3) is 7.71. The quantitative estimate of drug-likeness (QED) is 0.323. The van der Waals surface area contributed by atoms with Crippen molar-refractivity contribution in [1.29, 1.82) is 0 Å². The molecule has 42 heavy (non-hydrogen) atoms. The van der Waals surface area contributed by atoms with E-state index in [1.165, 1.54) is 51.4 Å². The van der Waals surface area contributed by atoms with Gasteiger partial charge in [0.2, 0.25) is 0 Å². The molecule has 6 nitrogen and oxygen atoms in total. The third-order valence-electron chi connectivity index (χ3n) is 11.0. The number of rotatable bonds is 2. The summed E-state index contributed by atoms with van der Waals surface area (Å²) < 4.78 is 0. The molecule has 6 aliphatic rings. The molecule has 6 heteroatoms. The van der Waals surface area contributed by atoms with E-state index in [2.05, 4.69) is 99.9 Å². The molecule has 0 amide bonds. The molecule has 0 aromatic heterocycles. The van der Waals surface area contributed by atoms with Gasteiger partial charge in [0, 0.05) is 0 Å². The Morgan fingerprint density at radius 2 is 0.762 bits per heavy atom. The van der Waals surface area contributed by atoms with Gasteiger partial charge in [-0.1, -0.05) is 65.8 Å². The summed E-state index contributed by atoms with van der Waals surface area (Å²) in [6, 6.07) is 2.06. The van der Waals surface area contributed by atoms with E-state index in [0.717, 1.165) is 47.3 Å². The lowest BCUT2D eigenvalue weighted by Gasteiger charge is -2.36. The first-order valence-corrected chi connectivity index (χ1v) is 18.2. The highest BCUT2D eigenvalue weighted by Crippen LogP contribution is 2.59. The minimum atomic E-state index is 0.114. The van der Waals surface area contributed by atoms with Gasteiger partial charge in [0.1, 0.15) is 0 Å². The van der Waals surface area contributed by atoms with E-state index < -0.39 is 0 Å². The molecule has 4 unspecified atom stereocenters. The fraction of sp³-hybridized carbons (Fsp3) is 1.00. The van der Waals surface area contributed by atoms with E-state index >= 15 is 0 Å². The normalized spacial score (nSPS) is 38.1. The molecule has 0 saturated heterocycles. The average Bonchev–Trinajstić information content (AvgIpc) is 3.66. The summed E-state index contributed by atoms with van der Waals surface area (Å²) in [5.41, 5.74) is 0.227. The zero-order valence-electron chi connectivity index (χ0n) is 30.3. The van der Waals surface area contributed by atoms with Crippen LogP contribution in [0.3, 0.4) is 0 Å². The molecule has 0 spiro atoms. The van der Waals surface area contributed by atoms with Gasteiger partial charge in [-0.3, -0.25) is 10.0 Å². The van der Waals surface area contributed by atoms with Crippen LogP contribution in [0.1, 0.15) is 148 Å². The van der Waals surface area contributed by atoms with Crippen molar-refractivity contribution in [2.45, 2.75) is 184 Å². The first-order valence-electron chi connectivity index (χ1n) is 18.2. The van der Waals surface area contributed by atoms with Gasteiger partial charge in [-0.2, -0.15) is 10.2 Å². The molecular formula is C36H70N6. The molecule has 244 valence electrons. The lowest BCUT2D eigenvalue weighted by atomic mass is 9.91. The van der Waals surface area contributed by atoms with Crippen molar-refractivity contribution in [2.75, 3.05) is 0 Å². The molecular weight excluding hydrogens is 516 g/mol. The molecule has 2 aliphatic heterocycles. The first kappa shape index (κ1) is 35.3. The summed E-state index contributed by atoms with van der Waals surface area (Å²) in [6.45, 7) is 31.1. The Labute approximate surface area is 261 Å². The van der Waals surface area contributed by atoms with Gasteiger partial charge in [-0.25, -0.2) is 0 Å². The van der Waals surface area contributed by atoms with Crippen LogP contribution >= 0.6 is 0 Å². The van der Waals surface area contributed by atoms with Crippen LogP contribution in [0, 0.1) is 47.3 Å². The van der Waals surface area contributed by atoms with Crippen LogP contribution in [0.5, 0.6) is 0 Å². The summed E-state index contributed by atoms with van der Waals surface area (Å²) in [6.07, 6.45) is 10.6. The highest BCUT2D eigenvalue weighted by molar-refractivity contribution is 5.05. The van der Waals surface area contributed by atoms with Crippen molar-refractivity contribution in [2.24, 2.45) is 68.0 Å². The van der Waals surface area contributed by atoms with Gasteiger partial charge in [-0.05, 0) is 140 Å². The summed E-state index contributed by atoms with van der Waals surface area (Å²) in [5.74, 6) is 7.74. The highest BCUT2D eigenvalue weighted by atomic mass is 15.6. The Bertz CT molecular complexity index is 810. The molecule has 6 rings (SSSR count). The Morgan fingerprint density at radius 1 is 0.476 bits per heavy atom. The predicted molar refractivity (Wildman–Crippen MR) is 178 cm³/mol. The van der Waals surface area contributed by atoms with Crippen LogP contribution in [0.25, 0.3) is 0 Å². The molecule has 4 fully saturated rings. The zero-order valence-corrected chi connectivity index (χ0v) is 30.3. The Hall–Kier alpha value is -1.20. The average molecular weight is 587 g/mol. The number of hydrogen-bond acceptors (Lipinski definition) is 6. The number of hydrogen-bond donors (Lipinski definition) is 0. The van der Waals surface area contributed by atoms with Crippen molar-refractivity contribution in [3.05, 3.63) is 0 Å². The van der Waals surface area contributed by atoms with E-state index in [4.69, 9.17) is 0 Å².